The van der Waals surface area contributed by atoms with Crippen LogP contribution in [0.4, 0.5) is 10.5 Å². The van der Waals surface area contributed by atoms with Gasteiger partial charge in [-0.15, -0.1) is 0 Å². The van der Waals surface area contributed by atoms with E-state index in [0.29, 0.717) is 18.8 Å². The van der Waals surface area contributed by atoms with Gasteiger partial charge in [0.15, 0.2) is 0 Å². The fraction of sp³-hybridized carbons (Fsp3) is 0.300. The van der Waals surface area contributed by atoms with Crippen LogP contribution in [0.2, 0.25) is 0 Å². The summed E-state index contributed by atoms with van der Waals surface area (Å²) >= 11 is 0. The Hall–Kier alpha value is -3.02. The lowest BCUT2D eigenvalue weighted by Gasteiger charge is -2.22. The highest BCUT2D eigenvalue weighted by Crippen LogP contribution is 2.08. The lowest BCUT2D eigenvalue weighted by molar-refractivity contribution is -0.123. The summed E-state index contributed by atoms with van der Waals surface area (Å²) in [6, 6.07) is 17.4. The second-order valence-electron chi connectivity index (χ2n) is 6.14. The predicted molar refractivity (Wildman–Crippen MR) is 102 cm³/mol. The smallest absolute Gasteiger partial charge is 0.319 e. The lowest BCUT2D eigenvalue weighted by Crippen LogP contribution is -2.51. The van der Waals surface area contributed by atoms with Gasteiger partial charge in [0.2, 0.25) is 5.91 Å². The molecule has 0 saturated heterocycles. The van der Waals surface area contributed by atoms with E-state index in [-0.39, 0.29) is 11.8 Å². The Morgan fingerprint density at radius 3 is 2.19 bits per heavy atom. The van der Waals surface area contributed by atoms with Gasteiger partial charge in [0.25, 0.3) is 0 Å². The Labute approximate surface area is 153 Å². The van der Waals surface area contributed by atoms with Crippen molar-refractivity contribution in [1.82, 2.24) is 10.6 Å². The Morgan fingerprint density at radius 2 is 1.58 bits per heavy atom. The molecule has 0 spiro atoms. The highest BCUT2D eigenvalue weighted by atomic mass is 16.5. The van der Waals surface area contributed by atoms with Crippen molar-refractivity contribution in [1.29, 1.82) is 0 Å². The van der Waals surface area contributed by atoms with Crippen LogP contribution in [-0.4, -0.2) is 31.1 Å². The van der Waals surface area contributed by atoms with E-state index in [1.165, 1.54) is 0 Å². The Balaban J connectivity index is 1.78. The fourth-order valence-electron chi connectivity index (χ4n) is 2.33. The summed E-state index contributed by atoms with van der Waals surface area (Å²) in [6.45, 7) is 4.48. The number of benzene rings is 2. The Bertz CT molecular complexity index is 690. The van der Waals surface area contributed by atoms with E-state index < -0.39 is 12.1 Å². The molecule has 0 fully saturated rings. The van der Waals surface area contributed by atoms with Crippen molar-refractivity contribution < 1.29 is 14.3 Å². The van der Waals surface area contributed by atoms with Crippen molar-refractivity contribution in [3.63, 3.8) is 0 Å². The summed E-state index contributed by atoms with van der Waals surface area (Å²) < 4.78 is 5.54. The Kier molecular flexibility index (Phi) is 7.49. The number of hydrogen-bond acceptors (Lipinski definition) is 3. The van der Waals surface area contributed by atoms with Crippen LogP contribution in [0.5, 0.6) is 5.75 Å². The number of carbonyl (C=O) groups excluding carboxylic acids is 2. The number of para-hydroxylation sites is 2. The summed E-state index contributed by atoms with van der Waals surface area (Å²) in [5, 5.41) is 8.23. The van der Waals surface area contributed by atoms with Gasteiger partial charge in [0.1, 0.15) is 18.4 Å². The molecule has 0 aliphatic heterocycles. The zero-order chi connectivity index (χ0) is 18.8. The molecule has 2 rings (SSSR count). The molecule has 0 saturated carbocycles. The average molecular weight is 355 g/mol. The number of rotatable bonds is 8. The zero-order valence-corrected chi connectivity index (χ0v) is 15.1. The second-order valence-corrected chi connectivity index (χ2v) is 6.14. The van der Waals surface area contributed by atoms with Gasteiger partial charge in [-0.2, -0.15) is 0 Å². The van der Waals surface area contributed by atoms with Crippen LogP contribution < -0.4 is 20.7 Å². The molecule has 3 N–H and O–H groups in total. The van der Waals surface area contributed by atoms with Gasteiger partial charge in [0, 0.05) is 5.69 Å². The first-order chi connectivity index (χ1) is 12.6. The molecule has 1 unspecified atom stereocenters. The summed E-state index contributed by atoms with van der Waals surface area (Å²) in [5.41, 5.74) is 0.671. The van der Waals surface area contributed by atoms with Crippen LogP contribution in [0.1, 0.15) is 13.8 Å². The van der Waals surface area contributed by atoms with Crippen molar-refractivity contribution in [3.05, 3.63) is 60.7 Å². The highest BCUT2D eigenvalue weighted by Gasteiger charge is 2.23. The number of hydrogen-bond donors (Lipinski definition) is 3. The van der Waals surface area contributed by atoms with E-state index in [4.69, 9.17) is 4.74 Å². The molecule has 0 heterocycles. The number of carbonyl (C=O) groups is 2. The van der Waals surface area contributed by atoms with Crippen LogP contribution in [-0.2, 0) is 4.79 Å². The van der Waals surface area contributed by atoms with Gasteiger partial charge in [-0.3, -0.25) is 4.79 Å². The van der Waals surface area contributed by atoms with E-state index in [9.17, 15) is 9.59 Å². The molecular weight excluding hydrogens is 330 g/mol. The van der Waals surface area contributed by atoms with Crippen LogP contribution in [0, 0.1) is 5.92 Å². The molecule has 3 amide bonds. The van der Waals surface area contributed by atoms with Crippen molar-refractivity contribution >= 4 is 17.6 Å². The van der Waals surface area contributed by atoms with E-state index in [0.717, 1.165) is 5.75 Å². The summed E-state index contributed by atoms with van der Waals surface area (Å²) in [5.74, 6) is 0.467. The molecule has 0 aliphatic carbocycles. The van der Waals surface area contributed by atoms with Crippen molar-refractivity contribution in [2.75, 3.05) is 18.5 Å². The van der Waals surface area contributed by atoms with Crippen molar-refractivity contribution in [2.45, 2.75) is 19.9 Å². The minimum Gasteiger partial charge on any atom is -0.492 e. The second kappa shape index (κ2) is 10.1. The molecule has 138 valence electrons. The monoisotopic (exact) mass is 355 g/mol. The zero-order valence-electron chi connectivity index (χ0n) is 15.1. The molecule has 6 nitrogen and oxygen atoms in total. The van der Waals surface area contributed by atoms with Crippen LogP contribution >= 0.6 is 0 Å². The van der Waals surface area contributed by atoms with E-state index >= 15 is 0 Å². The first kappa shape index (κ1) is 19.3. The molecule has 0 aromatic heterocycles. The molecule has 6 heteroatoms. The lowest BCUT2D eigenvalue weighted by atomic mass is 10.0. The third kappa shape index (κ3) is 6.47. The van der Waals surface area contributed by atoms with Gasteiger partial charge >= 0.3 is 6.03 Å². The fourth-order valence-corrected chi connectivity index (χ4v) is 2.33. The molecule has 0 aliphatic rings. The van der Waals surface area contributed by atoms with Gasteiger partial charge < -0.3 is 20.7 Å². The number of urea groups is 1. The molecule has 2 aromatic carbocycles. The molecule has 0 radical (unpaired) electrons. The maximum atomic E-state index is 12.4. The van der Waals surface area contributed by atoms with Crippen LogP contribution in [0.15, 0.2) is 60.7 Å². The van der Waals surface area contributed by atoms with Crippen LogP contribution in [0.3, 0.4) is 0 Å². The Morgan fingerprint density at radius 1 is 0.962 bits per heavy atom. The van der Waals surface area contributed by atoms with Crippen molar-refractivity contribution in [2.24, 2.45) is 5.92 Å². The number of nitrogens with one attached hydrogen (secondary N) is 3. The number of amides is 3. The topological polar surface area (TPSA) is 79.5 Å². The molecular formula is C20H25N3O3. The number of ether oxygens (including phenoxy) is 1. The van der Waals surface area contributed by atoms with Crippen LogP contribution in [0.25, 0.3) is 0 Å². The standard InChI is InChI=1S/C20H25N3O3/c1-15(2)18(23-20(25)22-16-9-5-3-6-10-16)19(24)21-13-14-26-17-11-7-4-8-12-17/h3-12,15,18H,13-14H2,1-2H3,(H,21,24)(H2,22,23,25). The molecule has 0 bridgehead atoms. The molecule has 1 atom stereocenters. The quantitative estimate of drug-likeness (QED) is 0.637. The minimum absolute atomic E-state index is 0.0495. The van der Waals surface area contributed by atoms with E-state index in [2.05, 4.69) is 16.0 Å². The summed E-state index contributed by atoms with van der Waals surface area (Å²) in [7, 11) is 0. The largest absolute Gasteiger partial charge is 0.492 e. The van der Waals surface area contributed by atoms with Gasteiger partial charge in [0.05, 0.1) is 6.54 Å². The molecule has 26 heavy (non-hydrogen) atoms. The third-order valence-electron chi connectivity index (χ3n) is 3.68. The molecule has 2 aromatic rings. The predicted octanol–water partition coefficient (Wildman–Crippen LogP) is 3.03. The minimum atomic E-state index is -0.629. The normalized spacial score (nSPS) is 11.5. The first-order valence-corrected chi connectivity index (χ1v) is 8.64. The van der Waals surface area contributed by atoms with Gasteiger partial charge in [-0.25, -0.2) is 4.79 Å². The van der Waals surface area contributed by atoms with Gasteiger partial charge in [-0.05, 0) is 30.2 Å². The number of anilines is 1. The maximum absolute atomic E-state index is 12.4. The summed E-state index contributed by atoms with van der Waals surface area (Å²) in [6.07, 6.45) is 0. The van der Waals surface area contributed by atoms with Gasteiger partial charge in [-0.1, -0.05) is 50.2 Å². The first-order valence-electron chi connectivity index (χ1n) is 8.64. The summed E-state index contributed by atoms with van der Waals surface area (Å²) in [4.78, 5) is 24.5. The van der Waals surface area contributed by atoms with Crippen molar-refractivity contribution in [3.8, 4) is 5.75 Å². The third-order valence-corrected chi connectivity index (χ3v) is 3.68. The highest BCUT2D eigenvalue weighted by molar-refractivity contribution is 5.93. The van der Waals surface area contributed by atoms with E-state index in [1.807, 2.05) is 62.4 Å². The average Bonchev–Trinajstić information content (AvgIpc) is 2.64. The SMILES string of the molecule is CC(C)C(NC(=O)Nc1ccccc1)C(=O)NCCOc1ccccc1. The van der Waals surface area contributed by atoms with E-state index in [1.54, 1.807) is 12.1 Å². The maximum Gasteiger partial charge on any atom is 0.319 e.